The molecular weight excluding hydrogens is 172 g/mol. The minimum Gasteiger partial charge on any atom is -0.517 e. The third-order valence-electron chi connectivity index (χ3n) is 1.19. The molecular formula is C8H16O3Si. The van der Waals surface area contributed by atoms with Crippen molar-refractivity contribution in [1.29, 1.82) is 0 Å². The highest BCUT2D eigenvalue weighted by Gasteiger charge is 2.31. The van der Waals surface area contributed by atoms with Crippen LogP contribution in [-0.2, 0) is 13.9 Å². The maximum Gasteiger partial charge on any atom is 0.305 e. The molecule has 0 aliphatic carbocycles. The van der Waals surface area contributed by atoms with Gasteiger partial charge in [-0.2, -0.15) is 0 Å². The Hall–Kier alpha value is -0.643. The van der Waals surface area contributed by atoms with Gasteiger partial charge >= 0.3 is 5.95 Å². The first-order valence-electron chi connectivity index (χ1n) is 4.04. The molecule has 0 bridgehead atoms. The third-order valence-corrected chi connectivity index (χ3v) is 2.01. The minimum atomic E-state index is -1.56. The van der Waals surface area contributed by atoms with Crippen molar-refractivity contribution in [3.8, 4) is 0 Å². The summed E-state index contributed by atoms with van der Waals surface area (Å²) in [5.74, 6) is -0.0474. The van der Waals surface area contributed by atoms with Crippen molar-refractivity contribution in [3.05, 3.63) is 12.2 Å². The molecule has 3 nitrogen and oxygen atoms in total. The normalized spacial score (nSPS) is 20.9. The Kier molecular flexibility index (Phi) is 2.12. The molecule has 0 radical (unpaired) electrons. The van der Waals surface area contributed by atoms with Crippen LogP contribution in [0, 0.1) is 0 Å². The minimum absolute atomic E-state index is 0.513. The van der Waals surface area contributed by atoms with Gasteiger partial charge in [-0.05, 0) is 19.6 Å². The average molecular weight is 188 g/mol. The van der Waals surface area contributed by atoms with E-state index in [1.54, 1.807) is 0 Å². The molecule has 12 heavy (non-hydrogen) atoms. The second-order valence-corrected chi connectivity index (χ2v) is 8.70. The SMILES string of the molecule is CC1(C)OC=C(O[Si](C)(C)C)O1. The van der Waals surface area contributed by atoms with Gasteiger partial charge in [-0.1, -0.05) is 0 Å². The molecule has 0 saturated heterocycles. The van der Waals surface area contributed by atoms with E-state index in [2.05, 4.69) is 19.6 Å². The quantitative estimate of drug-likeness (QED) is 0.623. The first kappa shape index (κ1) is 9.44. The van der Waals surface area contributed by atoms with Crippen LogP contribution in [0.15, 0.2) is 12.2 Å². The van der Waals surface area contributed by atoms with Crippen molar-refractivity contribution in [2.75, 3.05) is 0 Å². The van der Waals surface area contributed by atoms with Crippen LogP contribution in [0.5, 0.6) is 0 Å². The lowest BCUT2D eigenvalue weighted by atomic mass is 10.4. The van der Waals surface area contributed by atoms with Crippen LogP contribution < -0.4 is 0 Å². The summed E-state index contributed by atoms with van der Waals surface area (Å²) in [5, 5.41) is 0. The summed E-state index contributed by atoms with van der Waals surface area (Å²) >= 11 is 0. The Balaban J connectivity index is 2.48. The third kappa shape index (κ3) is 2.77. The maximum absolute atomic E-state index is 5.59. The molecule has 1 heterocycles. The van der Waals surface area contributed by atoms with Gasteiger partial charge in [0.2, 0.25) is 14.1 Å². The van der Waals surface area contributed by atoms with E-state index in [4.69, 9.17) is 13.9 Å². The standard InChI is InChI=1S/C8H16O3Si/c1-8(2)9-6-7(10-8)11-12(3,4)5/h6H,1-5H3. The van der Waals surface area contributed by atoms with Gasteiger partial charge in [-0.3, -0.25) is 0 Å². The molecule has 0 aromatic heterocycles. The lowest BCUT2D eigenvalue weighted by molar-refractivity contribution is -0.132. The van der Waals surface area contributed by atoms with Crippen molar-refractivity contribution < 1.29 is 13.9 Å². The number of hydrogen-bond acceptors (Lipinski definition) is 3. The fraction of sp³-hybridized carbons (Fsp3) is 0.750. The lowest BCUT2D eigenvalue weighted by Crippen LogP contribution is -2.27. The zero-order valence-electron chi connectivity index (χ0n) is 8.30. The molecule has 0 amide bonds. The van der Waals surface area contributed by atoms with Crippen LogP contribution in [0.4, 0.5) is 0 Å². The summed E-state index contributed by atoms with van der Waals surface area (Å²) in [6.07, 6.45) is 1.54. The highest BCUT2D eigenvalue weighted by Crippen LogP contribution is 2.26. The van der Waals surface area contributed by atoms with Crippen LogP contribution in [0.25, 0.3) is 0 Å². The topological polar surface area (TPSA) is 27.7 Å². The van der Waals surface area contributed by atoms with E-state index in [1.807, 2.05) is 13.8 Å². The van der Waals surface area contributed by atoms with E-state index in [0.29, 0.717) is 5.95 Å². The van der Waals surface area contributed by atoms with Crippen molar-refractivity contribution in [2.45, 2.75) is 39.3 Å². The zero-order valence-corrected chi connectivity index (χ0v) is 9.30. The fourth-order valence-corrected chi connectivity index (χ4v) is 1.52. The van der Waals surface area contributed by atoms with Crippen molar-refractivity contribution in [2.24, 2.45) is 0 Å². The predicted molar refractivity (Wildman–Crippen MR) is 48.8 cm³/mol. The van der Waals surface area contributed by atoms with Gasteiger partial charge < -0.3 is 13.9 Å². The molecule has 4 heteroatoms. The summed E-state index contributed by atoms with van der Waals surface area (Å²) in [4.78, 5) is 0. The Morgan fingerprint density at radius 3 is 2.25 bits per heavy atom. The van der Waals surface area contributed by atoms with Gasteiger partial charge in [0.05, 0.1) is 0 Å². The highest BCUT2D eigenvalue weighted by atomic mass is 28.4. The number of rotatable bonds is 2. The molecule has 1 aliphatic heterocycles. The summed E-state index contributed by atoms with van der Waals surface area (Å²) in [7, 11) is -1.56. The first-order chi connectivity index (χ1) is 5.29. The van der Waals surface area contributed by atoms with E-state index < -0.39 is 14.1 Å². The summed E-state index contributed by atoms with van der Waals surface area (Å²) in [5.41, 5.74) is 0. The second kappa shape index (κ2) is 2.69. The molecule has 1 aliphatic rings. The molecule has 0 unspecified atom stereocenters. The molecule has 1 rings (SSSR count). The Labute approximate surface area is 74.4 Å². The molecule has 0 fully saturated rings. The van der Waals surface area contributed by atoms with Gasteiger partial charge in [-0.15, -0.1) is 0 Å². The largest absolute Gasteiger partial charge is 0.517 e. The van der Waals surface area contributed by atoms with Crippen LogP contribution in [-0.4, -0.2) is 14.1 Å². The summed E-state index contributed by atoms with van der Waals surface area (Å²) < 4.78 is 16.2. The number of ether oxygens (including phenoxy) is 2. The molecule has 0 N–H and O–H groups in total. The summed E-state index contributed by atoms with van der Waals surface area (Å²) in [6, 6.07) is 0. The van der Waals surface area contributed by atoms with Crippen molar-refractivity contribution >= 4 is 8.32 Å². The smallest absolute Gasteiger partial charge is 0.305 e. The van der Waals surface area contributed by atoms with E-state index in [-0.39, 0.29) is 0 Å². The highest BCUT2D eigenvalue weighted by molar-refractivity contribution is 6.69. The van der Waals surface area contributed by atoms with Gasteiger partial charge in [0, 0.05) is 13.8 Å². The van der Waals surface area contributed by atoms with Crippen LogP contribution >= 0.6 is 0 Å². The monoisotopic (exact) mass is 188 g/mol. The predicted octanol–water partition coefficient (Wildman–Crippen LogP) is 2.42. The van der Waals surface area contributed by atoms with Gasteiger partial charge in [0.15, 0.2) is 6.26 Å². The molecule has 0 spiro atoms. The molecule has 0 aromatic carbocycles. The van der Waals surface area contributed by atoms with Crippen LogP contribution in [0.1, 0.15) is 13.8 Å². The molecule has 0 aromatic rings. The van der Waals surface area contributed by atoms with E-state index in [1.165, 1.54) is 6.26 Å². The van der Waals surface area contributed by atoms with Gasteiger partial charge in [-0.25, -0.2) is 0 Å². The Morgan fingerprint density at radius 2 is 1.92 bits per heavy atom. The van der Waals surface area contributed by atoms with Gasteiger partial charge in [0.1, 0.15) is 0 Å². The Morgan fingerprint density at radius 1 is 1.33 bits per heavy atom. The summed E-state index contributed by atoms with van der Waals surface area (Å²) in [6.45, 7) is 10.0. The van der Waals surface area contributed by atoms with E-state index in [9.17, 15) is 0 Å². The van der Waals surface area contributed by atoms with E-state index in [0.717, 1.165) is 0 Å². The molecule has 0 atom stereocenters. The van der Waals surface area contributed by atoms with Crippen molar-refractivity contribution in [1.82, 2.24) is 0 Å². The van der Waals surface area contributed by atoms with E-state index >= 15 is 0 Å². The van der Waals surface area contributed by atoms with Gasteiger partial charge in [0.25, 0.3) is 0 Å². The zero-order chi connectivity index (χ0) is 9.41. The molecule has 70 valence electrons. The van der Waals surface area contributed by atoms with Crippen LogP contribution in [0.2, 0.25) is 19.6 Å². The first-order valence-corrected chi connectivity index (χ1v) is 7.45. The fourth-order valence-electron chi connectivity index (χ4n) is 0.827. The number of hydrogen-bond donors (Lipinski definition) is 0. The Bertz CT molecular complexity index is 203. The lowest BCUT2D eigenvalue weighted by Gasteiger charge is -2.22. The molecule has 0 saturated carbocycles. The van der Waals surface area contributed by atoms with Crippen molar-refractivity contribution in [3.63, 3.8) is 0 Å². The average Bonchev–Trinajstić information content (AvgIpc) is 2.05. The van der Waals surface area contributed by atoms with Crippen LogP contribution in [0.3, 0.4) is 0 Å². The second-order valence-electron chi connectivity index (χ2n) is 4.27. The maximum atomic E-state index is 5.59.